The molecule has 0 saturated carbocycles. The van der Waals surface area contributed by atoms with Crippen LogP contribution in [-0.4, -0.2) is 95.1 Å². The summed E-state index contributed by atoms with van der Waals surface area (Å²) in [7, 11) is -10.4. The topological polar surface area (TPSA) is 88.5 Å². The first-order chi connectivity index (χ1) is 8.25. The third kappa shape index (κ3) is 3.67. The van der Waals surface area contributed by atoms with Gasteiger partial charge in [0.05, 0.1) is 0 Å². The van der Waals surface area contributed by atoms with Gasteiger partial charge in [0.1, 0.15) is 0 Å². The second kappa shape index (κ2) is 6.27. The molecule has 0 heterocycles. The zero-order chi connectivity index (χ0) is 17.0. The summed E-state index contributed by atoms with van der Waals surface area (Å²) in [4.78, 5) is 0. The van der Waals surface area contributed by atoms with Gasteiger partial charge in [-0.05, 0) is 0 Å². The molecule has 21 heavy (non-hydrogen) atoms. The van der Waals surface area contributed by atoms with Crippen LogP contribution in [0.5, 0.6) is 0 Å². The summed E-state index contributed by atoms with van der Waals surface area (Å²) in [6, 6.07) is 0. The van der Waals surface area contributed by atoms with E-state index in [-0.39, 0.29) is 51.4 Å². The number of halogens is 9. The summed E-state index contributed by atoms with van der Waals surface area (Å²) in [5, 5.41) is -14.1. The van der Waals surface area contributed by atoms with Crippen LogP contribution in [0.2, 0.25) is 0 Å². The van der Waals surface area contributed by atoms with Crippen LogP contribution in [0.4, 0.5) is 35.1 Å². The van der Waals surface area contributed by atoms with Crippen LogP contribution in [0.1, 0.15) is 0 Å². The minimum absolute atomic E-state index is 0. The number of rotatable bonds is 5. The van der Waals surface area contributed by atoms with Gasteiger partial charge in [0.2, 0.25) is 0 Å². The molecule has 5 nitrogen and oxygen atoms in total. The van der Waals surface area contributed by atoms with E-state index >= 15 is 0 Å². The van der Waals surface area contributed by atoms with E-state index in [1.54, 1.807) is 0 Å². The van der Waals surface area contributed by atoms with Crippen molar-refractivity contribution in [2.24, 2.45) is 0 Å². The van der Waals surface area contributed by atoms with Crippen molar-refractivity contribution in [1.29, 1.82) is 0 Å². The van der Waals surface area contributed by atoms with Crippen molar-refractivity contribution in [3.05, 3.63) is 0 Å². The second-order valence-corrected chi connectivity index (χ2v) is 7.17. The summed E-state index contributed by atoms with van der Waals surface area (Å²) in [6.07, 6.45) is 0. The van der Waals surface area contributed by atoms with Crippen molar-refractivity contribution in [1.82, 2.24) is 0 Å². The van der Waals surface area contributed by atoms with Gasteiger partial charge in [-0.2, -0.15) is 43.5 Å². The second-order valence-electron chi connectivity index (χ2n) is 3.10. The molecule has 124 valence electrons. The maximum absolute atomic E-state index is 12.7. The van der Waals surface area contributed by atoms with E-state index in [1.807, 2.05) is 0 Å². The monoisotopic (exact) mass is 420 g/mol. The molecule has 0 aromatic heterocycles. The van der Waals surface area contributed by atoms with Crippen LogP contribution in [0, 0.1) is 0 Å². The molecule has 0 amide bonds. The fourth-order valence-electron chi connectivity index (χ4n) is 0.681. The SMILES string of the molecule is O=S(=O)(O)C(F)(F)C(F)(F)C(F)(F)C(F)(F)S(=O)(=O)Cl.[KH]. The third-order valence-corrected chi connectivity index (χ3v) is 4.11. The van der Waals surface area contributed by atoms with Gasteiger partial charge in [0, 0.05) is 10.7 Å². The Kier molecular flexibility index (Phi) is 7.30. The van der Waals surface area contributed by atoms with Gasteiger partial charge in [0.15, 0.2) is 0 Å². The Morgan fingerprint density at radius 1 is 0.714 bits per heavy atom. The fourth-order valence-corrected chi connectivity index (χ4v) is 1.86. The van der Waals surface area contributed by atoms with Crippen molar-refractivity contribution in [3.8, 4) is 0 Å². The Balaban J connectivity index is 0. The summed E-state index contributed by atoms with van der Waals surface area (Å²) in [5.41, 5.74) is 0. The van der Waals surface area contributed by atoms with Crippen LogP contribution in [0.25, 0.3) is 0 Å². The Labute approximate surface area is 158 Å². The average Bonchev–Trinajstić information content (AvgIpc) is 2.12. The van der Waals surface area contributed by atoms with Crippen LogP contribution >= 0.6 is 10.7 Å². The average molecular weight is 421 g/mol. The summed E-state index contributed by atoms with van der Waals surface area (Å²) >= 11 is 0. The third-order valence-electron chi connectivity index (χ3n) is 1.76. The predicted molar refractivity (Wildman–Crippen MR) is 53.3 cm³/mol. The molecular weight excluding hydrogens is 419 g/mol. The molecule has 0 aliphatic carbocycles. The molecule has 0 radical (unpaired) electrons. The Hall–Kier alpha value is 1.23. The van der Waals surface area contributed by atoms with E-state index in [9.17, 15) is 52.0 Å². The van der Waals surface area contributed by atoms with Gasteiger partial charge in [-0.1, -0.05) is 0 Å². The summed E-state index contributed by atoms with van der Waals surface area (Å²) < 4.78 is 148. The number of alkyl halides is 8. The van der Waals surface area contributed by atoms with E-state index in [0.717, 1.165) is 0 Å². The van der Waals surface area contributed by atoms with E-state index in [0.29, 0.717) is 0 Å². The normalized spacial score (nSPS) is 15.5. The van der Waals surface area contributed by atoms with Crippen molar-refractivity contribution < 1.29 is 56.5 Å². The molecular formula is C4H2ClF8KO5S2. The van der Waals surface area contributed by atoms with Crippen molar-refractivity contribution in [3.63, 3.8) is 0 Å². The number of hydrogen-bond donors (Lipinski definition) is 1. The van der Waals surface area contributed by atoms with Gasteiger partial charge in [-0.25, -0.2) is 8.42 Å². The Morgan fingerprint density at radius 3 is 1.14 bits per heavy atom. The van der Waals surface area contributed by atoms with Gasteiger partial charge in [-0.3, -0.25) is 4.55 Å². The quantitative estimate of drug-likeness (QED) is 0.313. The number of hydrogen-bond acceptors (Lipinski definition) is 4. The van der Waals surface area contributed by atoms with Crippen LogP contribution in [0.3, 0.4) is 0 Å². The van der Waals surface area contributed by atoms with Crippen molar-refractivity contribution in [2.45, 2.75) is 22.4 Å². The summed E-state index contributed by atoms with van der Waals surface area (Å²) in [6.45, 7) is 0. The van der Waals surface area contributed by atoms with Crippen LogP contribution in [0.15, 0.2) is 0 Å². The molecule has 0 aromatic rings. The van der Waals surface area contributed by atoms with Crippen LogP contribution in [-0.2, 0) is 19.2 Å². The molecule has 0 aromatic carbocycles. The van der Waals surface area contributed by atoms with Gasteiger partial charge in [-0.15, -0.1) is 0 Å². The van der Waals surface area contributed by atoms with Crippen molar-refractivity contribution in [2.75, 3.05) is 0 Å². The molecule has 0 aliphatic heterocycles. The maximum atomic E-state index is 12.7. The molecule has 0 spiro atoms. The molecule has 0 rings (SSSR count). The molecule has 0 aliphatic rings. The van der Waals surface area contributed by atoms with E-state index in [4.69, 9.17) is 4.55 Å². The first-order valence-corrected chi connectivity index (χ1v) is 7.42. The van der Waals surface area contributed by atoms with Crippen molar-refractivity contribution >= 4 is 81.2 Å². The van der Waals surface area contributed by atoms with E-state index < -0.39 is 41.5 Å². The molecule has 0 bridgehead atoms. The minimum atomic E-state index is -7.50. The molecule has 0 saturated heterocycles. The standard InChI is InChI=1S/C4HClF8O5S2.K.H/c5-19(14,15)3(10,11)1(6,7)2(8,9)4(12,13)20(16,17)18;;/h(H,16,17,18);;. The van der Waals surface area contributed by atoms with Gasteiger partial charge >= 0.3 is 92.9 Å². The van der Waals surface area contributed by atoms with E-state index in [2.05, 4.69) is 10.7 Å². The van der Waals surface area contributed by atoms with Gasteiger partial charge in [0.25, 0.3) is 0 Å². The summed E-state index contributed by atoms with van der Waals surface area (Å²) in [5.74, 6) is -15.0. The molecule has 1 N–H and O–H groups in total. The molecule has 0 unspecified atom stereocenters. The molecule has 0 fully saturated rings. The van der Waals surface area contributed by atoms with Gasteiger partial charge < -0.3 is 0 Å². The Bertz CT molecular complexity index is 546. The fraction of sp³-hybridized carbons (Fsp3) is 1.00. The zero-order valence-electron chi connectivity index (χ0n) is 8.30. The first kappa shape index (κ1) is 24.5. The molecule has 17 heteroatoms. The van der Waals surface area contributed by atoms with E-state index in [1.165, 1.54) is 0 Å². The molecule has 0 atom stereocenters. The first-order valence-electron chi connectivity index (χ1n) is 3.67. The predicted octanol–water partition coefficient (Wildman–Crippen LogP) is 1.25. The zero-order valence-corrected chi connectivity index (χ0v) is 10.7. The Morgan fingerprint density at radius 2 is 0.952 bits per heavy atom. The van der Waals surface area contributed by atoms with Crippen LogP contribution < -0.4 is 0 Å².